The molecule has 1 rings (SSSR count). The first-order valence-electron chi connectivity index (χ1n) is 6.31. The minimum atomic E-state index is 0.455. The minimum Gasteiger partial charge on any atom is -0.330 e. The van der Waals surface area contributed by atoms with Gasteiger partial charge in [-0.15, -0.1) is 0 Å². The standard InChI is InChI=1S/C15H25N/c1-10(2)13-6-7-14(11(3)4)15(8-13)12(5)9-16/h6-8,10-12H,9,16H2,1-5H3. The van der Waals surface area contributed by atoms with Gasteiger partial charge in [-0.2, -0.15) is 0 Å². The number of nitrogens with two attached hydrogens (primary N) is 1. The molecular formula is C15H25N. The van der Waals surface area contributed by atoms with Gasteiger partial charge in [0.1, 0.15) is 0 Å². The molecule has 0 radical (unpaired) electrons. The summed E-state index contributed by atoms with van der Waals surface area (Å²) < 4.78 is 0. The van der Waals surface area contributed by atoms with Crippen LogP contribution in [0.25, 0.3) is 0 Å². The third kappa shape index (κ3) is 2.85. The summed E-state index contributed by atoms with van der Waals surface area (Å²) in [5, 5.41) is 0. The van der Waals surface area contributed by atoms with Crippen molar-refractivity contribution in [3.8, 4) is 0 Å². The van der Waals surface area contributed by atoms with Gasteiger partial charge in [0.15, 0.2) is 0 Å². The van der Waals surface area contributed by atoms with Gasteiger partial charge in [0, 0.05) is 0 Å². The van der Waals surface area contributed by atoms with Crippen molar-refractivity contribution in [2.75, 3.05) is 6.54 Å². The van der Waals surface area contributed by atoms with Gasteiger partial charge in [-0.25, -0.2) is 0 Å². The molecule has 2 N–H and O–H groups in total. The van der Waals surface area contributed by atoms with Crippen LogP contribution >= 0.6 is 0 Å². The number of hydrogen-bond donors (Lipinski definition) is 1. The molecule has 0 fully saturated rings. The summed E-state index contributed by atoms with van der Waals surface area (Å²) in [6, 6.07) is 6.88. The summed E-state index contributed by atoms with van der Waals surface area (Å²) >= 11 is 0. The number of rotatable bonds is 4. The predicted molar refractivity (Wildman–Crippen MR) is 72.1 cm³/mol. The molecule has 0 amide bonds. The van der Waals surface area contributed by atoms with Crippen LogP contribution < -0.4 is 5.73 Å². The zero-order valence-electron chi connectivity index (χ0n) is 11.2. The van der Waals surface area contributed by atoms with Gasteiger partial charge in [0.25, 0.3) is 0 Å². The fraction of sp³-hybridized carbons (Fsp3) is 0.600. The number of benzene rings is 1. The Labute approximate surface area is 100 Å². The summed E-state index contributed by atoms with van der Waals surface area (Å²) in [5.74, 6) is 1.62. The lowest BCUT2D eigenvalue weighted by molar-refractivity contribution is 0.733. The van der Waals surface area contributed by atoms with Gasteiger partial charge in [-0.05, 0) is 41.0 Å². The van der Waals surface area contributed by atoms with Crippen molar-refractivity contribution in [3.63, 3.8) is 0 Å². The maximum atomic E-state index is 5.80. The van der Waals surface area contributed by atoms with Gasteiger partial charge in [-0.1, -0.05) is 52.8 Å². The number of hydrogen-bond acceptors (Lipinski definition) is 1. The van der Waals surface area contributed by atoms with Crippen LogP contribution in [0.5, 0.6) is 0 Å². The molecular weight excluding hydrogens is 194 g/mol. The van der Waals surface area contributed by atoms with Crippen LogP contribution in [0.3, 0.4) is 0 Å². The normalized spacial score (nSPS) is 13.5. The van der Waals surface area contributed by atoms with Crippen LogP contribution in [0.1, 0.15) is 69.1 Å². The van der Waals surface area contributed by atoms with E-state index in [1.807, 2.05) is 0 Å². The van der Waals surface area contributed by atoms with E-state index in [0.29, 0.717) is 17.8 Å². The lowest BCUT2D eigenvalue weighted by Crippen LogP contribution is -2.12. The zero-order valence-corrected chi connectivity index (χ0v) is 11.2. The van der Waals surface area contributed by atoms with Gasteiger partial charge in [0.05, 0.1) is 0 Å². The van der Waals surface area contributed by atoms with E-state index in [-0.39, 0.29) is 0 Å². The summed E-state index contributed by atoms with van der Waals surface area (Å²) in [6.07, 6.45) is 0. The molecule has 1 unspecified atom stereocenters. The largest absolute Gasteiger partial charge is 0.330 e. The van der Waals surface area contributed by atoms with Crippen molar-refractivity contribution in [2.24, 2.45) is 5.73 Å². The third-order valence-corrected chi connectivity index (χ3v) is 3.28. The van der Waals surface area contributed by atoms with Gasteiger partial charge in [0.2, 0.25) is 0 Å². The Hall–Kier alpha value is -0.820. The van der Waals surface area contributed by atoms with Crippen LogP contribution in [-0.4, -0.2) is 6.54 Å². The van der Waals surface area contributed by atoms with E-state index in [1.165, 1.54) is 16.7 Å². The van der Waals surface area contributed by atoms with E-state index in [9.17, 15) is 0 Å². The van der Waals surface area contributed by atoms with Crippen LogP contribution in [0, 0.1) is 0 Å². The Bertz CT molecular complexity index is 339. The summed E-state index contributed by atoms with van der Waals surface area (Å²) in [7, 11) is 0. The molecule has 0 aliphatic rings. The highest BCUT2D eigenvalue weighted by Gasteiger charge is 2.13. The first kappa shape index (κ1) is 13.2. The Morgan fingerprint density at radius 3 is 2.00 bits per heavy atom. The molecule has 90 valence electrons. The highest BCUT2D eigenvalue weighted by Crippen LogP contribution is 2.29. The maximum absolute atomic E-state index is 5.80. The van der Waals surface area contributed by atoms with E-state index >= 15 is 0 Å². The first-order valence-corrected chi connectivity index (χ1v) is 6.31. The van der Waals surface area contributed by atoms with Crippen molar-refractivity contribution in [1.82, 2.24) is 0 Å². The minimum absolute atomic E-state index is 0.455. The molecule has 0 aliphatic heterocycles. The van der Waals surface area contributed by atoms with Crippen molar-refractivity contribution in [2.45, 2.75) is 52.4 Å². The molecule has 0 saturated heterocycles. The molecule has 0 aromatic heterocycles. The summed E-state index contributed by atoms with van der Waals surface area (Å²) in [6.45, 7) is 11.9. The molecule has 1 aromatic carbocycles. The molecule has 1 aromatic rings. The van der Waals surface area contributed by atoms with E-state index in [4.69, 9.17) is 5.73 Å². The summed E-state index contributed by atoms with van der Waals surface area (Å²) in [5.41, 5.74) is 10.1. The fourth-order valence-corrected chi connectivity index (χ4v) is 2.03. The van der Waals surface area contributed by atoms with Gasteiger partial charge in [-0.3, -0.25) is 0 Å². The molecule has 0 heterocycles. The van der Waals surface area contributed by atoms with Crippen molar-refractivity contribution in [1.29, 1.82) is 0 Å². The smallest absolute Gasteiger partial charge is 0.00108 e. The van der Waals surface area contributed by atoms with Crippen molar-refractivity contribution < 1.29 is 0 Å². The van der Waals surface area contributed by atoms with Crippen LogP contribution in [0.15, 0.2) is 18.2 Å². The Morgan fingerprint density at radius 2 is 1.56 bits per heavy atom. The van der Waals surface area contributed by atoms with Crippen LogP contribution in [0.2, 0.25) is 0 Å². The van der Waals surface area contributed by atoms with Gasteiger partial charge < -0.3 is 5.73 Å². The fourth-order valence-electron chi connectivity index (χ4n) is 2.03. The Balaban J connectivity index is 3.21. The third-order valence-electron chi connectivity index (χ3n) is 3.28. The average Bonchev–Trinajstić information content (AvgIpc) is 2.26. The van der Waals surface area contributed by atoms with E-state index in [0.717, 1.165) is 6.54 Å². The van der Waals surface area contributed by atoms with E-state index in [2.05, 4.69) is 52.8 Å². The monoisotopic (exact) mass is 219 g/mol. The second-order valence-corrected chi connectivity index (χ2v) is 5.33. The molecule has 0 spiro atoms. The molecule has 0 saturated carbocycles. The lowest BCUT2D eigenvalue weighted by Gasteiger charge is -2.20. The Kier molecular flexibility index (Phi) is 4.55. The van der Waals surface area contributed by atoms with E-state index < -0.39 is 0 Å². The van der Waals surface area contributed by atoms with E-state index in [1.54, 1.807) is 0 Å². The topological polar surface area (TPSA) is 26.0 Å². The second-order valence-electron chi connectivity index (χ2n) is 5.33. The van der Waals surface area contributed by atoms with Crippen molar-refractivity contribution in [3.05, 3.63) is 34.9 Å². The first-order chi connectivity index (χ1) is 7.47. The molecule has 1 atom stereocenters. The molecule has 1 nitrogen and oxygen atoms in total. The lowest BCUT2D eigenvalue weighted by atomic mass is 9.86. The van der Waals surface area contributed by atoms with Gasteiger partial charge >= 0.3 is 0 Å². The second kappa shape index (κ2) is 5.49. The summed E-state index contributed by atoms with van der Waals surface area (Å²) in [4.78, 5) is 0. The quantitative estimate of drug-likeness (QED) is 0.814. The molecule has 0 bridgehead atoms. The molecule has 16 heavy (non-hydrogen) atoms. The molecule has 1 heteroatoms. The predicted octanol–water partition coefficient (Wildman–Crippen LogP) is 4.00. The highest BCUT2D eigenvalue weighted by atomic mass is 14.5. The maximum Gasteiger partial charge on any atom is -0.00108 e. The zero-order chi connectivity index (χ0) is 12.3. The van der Waals surface area contributed by atoms with Crippen molar-refractivity contribution >= 4 is 0 Å². The van der Waals surface area contributed by atoms with Crippen LogP contribution in [-0.2, 0) is 0 Å². The van der Waals surface area contributed by atoms with Crippen LogP contribution in [0.4, 0.5) is 0 Å². The SMILES string of the molecule is CC(C)c1ccc(C(C)C)c(C(C)CN)c1. The molecule has 0 aliphatic carbocycles. The average molecular weight is 219 g/mol. The highest BCUT2D eigenvalue weighted by molar-refractivity contribution is 5.37. The Morgan fingerprint density at radius 1 is 0.938 bits per heavy atom.